The van der Waals surface area contributed by atoms with Crippen molar-refractivity contribution >= 4 is 12.4 Å². The number of hydrogen-bond acceptors (Lipinski definition) is 2. The lowest BCUT2D eigenvalue weighted by atomic mass is 9.97. The first-order chi connectivity index (χ1) is 7.13. The molecule has 3 heteroatoms. The van der Waals surface area contributed by atoms with Crippen LogP contribution in [0.1, 0.15) is 43.9 Å². The molecule has 0 saturated heterocycles. The first-order valence-corrected chi connectivity index (χ1v) is 5.39. The topological polar surface area (TPSA) is 49.8 Å². The van der Waals surface area contributed by atoms with Crippen LogP contribution in [-0.4, -0.2) is 0 Å². The summed E-state index contributed by atoms with van der Waals surface area (Å²) in [5.41, 5.74) is 7.81. The number of nitriles is 1. The SMILES string of the molecule is CC(C)CC[C@@H](N)c1cccc(C#N)c1.Cl. The van der Waals surface area contributed by atoms with Crippen LogP contribution in [0.3, 0.4) is 0 Å². The zero-order chi connectivity index (χ0) is 11.3. The molecule has 2 N–H and O–H groups in total. The molecule has 0 aromatic heterocycles. The molecular formula is C13H19ClN2. The molecule has 1 rings (SSSR count). The maximum Gasteiger partial charge on any atom is 0.0991 e. The predicted molar refractivity (Wildman–Crippen MR) is 69.4 cm³/mol. The van der Waals surface area contributed by atoms with Gasteiger partial charge in [0, 0.05) is 6.04 Å². The van der Waals surface area contributed by atoms with E-state index in [0.717, 1.165) is 18.4 Å². The Bertz CT molecular complexity index is 355. The molecule has 1 atom stereocenters. The van der Waals surface area contributed by atoms with Gasteiger partial charge in [-0.3, -0.25) is 0 Å². The lowest BCUT2D eigenvalue weighted by Crippen LogP contribution is -2.11. The van der Waals surface area contributed by atoms with Gasteiger partial charge in [-0.05, 0) is 36.5 Å². The van der Waals surface area contributed by atoms with Gasteiger partial charge >= 0.3 is 0 Å². The van der Waals surface area contributed by atoms with Crippen LogP contribution in [0.25, 0.3) is 0 Å². The van der Waals surface area contributed by atoms with Gasteiger partial charge in [-0.2, -0.15) is 5.26 Å². The number of rotatable bonds is 4. The van der Waals surface area contributed by atoms with Crippen molar-refractivity contribution in [2.75, 3.05) is 0 Å². The Labute approximate surface area is 104 Å². The van der Waals surface area contributed by atoms with Gasteiger partial charge in [0.15, 0.2) is 0 Å². The number of benzene rings is 1. The molecular weight excluding hydrogens is 220 g/mol. The van der Waals surface area contributed by atoms with E-state index in [1.54, 1.807) is 6.07 Å². The quantitative estimate of drug-likeness (QED) is 0.874. The van der Waals surface area contributed by atoms with Crippen molar-refractivity contribution in [1.82, 2.24) is 0 Å². The number of nitrogens with two attached hydrogens (primary N) is 1. The van der Waals surface area contributed by atoms with Crippen LogP contribution in [0.5, 0.6) is 0 Å². The Morgan fingerprint density at radius 2 is 2.00 bits per heavy atom. The second kappa shape index (κ2) is 7.27. The highest BCUT2D eigenvalue weighted by molar-refractivity contribution is 5.85. The summed E-state index contributed by atoms with van der Waals surface area (Å²) in [5, 5.41) is 8.77. The van der Waals surface area contributed by atoms with E-state index in [9.17, 15) is 0 Å². The largest absolute Gasteiger partial charge is 0.324 e. The average Bonchev–Trinajstić information content (AvgIpc) is 2.26. The Morgan fingerprint density at radius 1 is 1.31 bits per heavy atom. The first-order valence-electron chi connectivity index (χ1n) is 5.39. The second-order valence-electron chi connectivity index (χ2n) is 4.31. The lowest BCUT2D eigenvalue weighted by Gasteiger charge is -2.13. The molecule has 0 fully saturated rings. The molecule has 0 aliphatic rings. The van der Waals surface area contributed by atoms with Gasteiger partial charge < -0.3 is 5.73 Å². The van der Waals surface area contributed by atoms with E-state index in [1.807, 2.05) is 18.2 Å². The molecule has 88 valence electrons. The van der Waals surface area contributed by atoms with Crippen LogP contribution < -0.4 is 5.73 Å². The second-order valence-corrected chi connectivity index (χ2v) is 4.31. The van der Waals surface area contributed by atoms with Crippen molar-refractivity contribution in [3.05, 3.63) is 35.4 Å². The molecule has 16 heavy (non-hydrogen) atoms. The van der Waals surface area contributed by atoms with Crippen molar-refractivity contribution in [1.29, 1.82) is 5.26 Å². The zero-order valence-electron chi connectivity index (χ0n) is 9.81. The minimum absolute atomic E-state index is 0. The molecule has 2 nitrogen and oxygen atoms in total. The summed E-state index contributed by atoms with van der Waals surface area (Å²) in [7, 11) is 0. The summed E-state index contributed by atoms with van der Waals surface area (Å²) < 4.78 is 0. The van der Waals surface area contributed by atoms with Crippen molar-refractivity contribution in [3.8, 4) is 6.07 Å². The summed E-state index contributed by atoms with van der Waals surface area (Å²) >= 11 is 0. The smallest absolute Gasteiger partial charge is 0.0991 e. The Morgan fingerprint density at radius 3 is 2.56 bits per heavy atom. The average molecular weight is 239 g/mol. The summed E-state index contributed by atoms with van der Waals surface area (Å²) in [6, 6.07) is 9.76. The van der Waals surface area contributed by atoms with Crippen LogP contribution in [0.2, 0.25) is 0 Å². The summed E-state index contributed by atoms with van der Waals surface area (Å²) in [4.78, 5) is 0. The maximum atomic E-state index is 8.77. The third-order valence-corrected chi connectivity index (χ3v) is 2.50. The minimum Gasteiger partial charge on any atom is -0.324 e. The summed E-state index contributed by atoms with van der Waals surface area (Å²) in [5.74, 6) is 0.676. The van der Waals surface area contributed by atoms with Crippen molar-refractivity contribution in [2.45, 2.75) is 32.7 Å². The molecule has 0 radical (unpaired) electrons. The third kappa shape index (κ3) is 4.65. The predicted octanol–water partition coefficient (Wildman–Crippen LogP) is 3.42. The van der Waals surface area contributed by atoms with Crippen LogP contribution >= 0.6 is 12.4 Å². The van der Waals surface area contributed by atoms with Crippen LogP contribution in [0, 0.1) is 17.2 Å². The minimum atomic E-state index is 0. The molecule has 0 bridgehead atoms. The van der Waals surface area contributed by atoms with Crippen molar-refractivity contribution in [3.63, 3.8) is 0 Å². The zero-order valence-corrected chi connectivity index (χ0v) is 10.6. The number of hydrogen-bond donors (Lipinski definition) is 1. The molecule has 0 aliphatic carbocycles. The Hall–Kier alpha value is -1.04. The first kappa shape index (κ1) is 15.0. The van der Waals surface area contributed by atoms with Gasteiger partial charge in [0.05, 0.1) is 11.6 Å². The molecule has 0 unspecified atom stereocenters. The van der Waals surface area contributed by atoms with Gasteiger partial charge in [0.25, 0.3) is 0 Å². The normalized spacial score (nSPS) is 11.7. The van der Waals surface area contributed by atoms with E-state index in [4.69, 9.17) is 11.0 Å². The van der Waals surface area contributed by atoms with E-state index in [1.165, 1.54) is 0 Å². The van der Waals surface area contributed by atoms with Gasteiger partial charge in [0.1, 0.15) is 0 Å². The summed E-state index contributed by atoms with van der Waals surface area (Å²) in [6.07, 6.45) is 2.10. The van der Waals surface area contributed by atoms with Crippen LogP contribution in [0.4, 0.5) is 0 Å². The Kier molecular flexibility index (Phi) is 6.80. The van der Waals surface area contributed by atoms with Gasteiger partial charge in [-0.1, -0.05) is 26.0 Å². The van der Waals surface area contributed by atoms with Gasteiger partial charge in [-0.25, -0.2) is 0 Å². The van der Waals surface area contributed by atoms with E-state index < -0.39 is 0 Å². The standard InChI is InChI=1S/C13H18N2.ClH/c1-10(2)6-7-13(15)12-5-3-4-11(8-12)9-14;/h3-5,8,10,13H,6-7,15H2,1-2H3;1H/t13-;/m1./s1. The monoisotopic (exact) mass is 238 g/mol. The molecule has 0 amide bonds. The Balaban J connectivity index is 0.00000225. The highest BCUT2D eigenvalue weighted by Gasteiger charge is 2.07. The molecule has 1 aromatic rings. The molecule has 0 heterocycles. The van der Waals surface area contributed by atoms with Crippen molar-refractivity contribution < 1.29 is 0 Å². The highest BCUT2D eigenvalue weighted by Crippen LogP contribution is 2.19. The van der Waals surface area contributed by atoms with Crippen LogP contribution in [-0.2, 0) is 0 Å². The van der Waals surface area contributed by atoms with Gasteiger partial charge in [0.2, 0.25) is 0 Å². The fourth-order valence-corrected chi connectivity index (χ4v) is 1.52. The van der Waals surface area contributed by atoms with Crippen molar-refractivity contribution in [2.24, 2.45) is 11.7 Å². The summed E-state index contributed by atoms with van der Waals surface area (Å²) in [6.45, 7) is 4.39. The number of halogens is 1. The van der Waals surface area contributed by atoms with E-state index >= 15 is 0 Å². The van der Waals surface area contributed by atoms with E-state index in [-0.39, 0.29) is 18.4 Å². The molecule has 0 aliphatic heterocycles. The van der Waals surface area contributed by atoms with E-state index in [0.29, 0.717) is 11.5 Å². The van der Waals surface area contributed by atoms with Crippen LogP contribution in [0.15, 0.2) is 24.3 Å². The third-order valence-electron chi connectivity index (χ3n) is 2.50. The highest BCUT2D eigenvalue weighted by atomic mass is 35.5. The van der Waals surface area contributed by atoms with Gasteiger partial charge in [-0.15, -0.1) is 12.4 Å². The molecule has 0 saturated carbocycles. The lowest BCUT2D eigenvalue weighted by molar-refractivity contribution is 0.507. The molecule has 1 aromatic carbocycles. The fourth-order valence-electron chi connectivity index (χ4n) is 1.52. The molecule has 0 spiro atoms. The number of nitrogens with zero attached hydrogens (tertiary/aromatic N) is 1. The maximum absolute atomic E-state index is 8.77. The fraction of sp³-hybridized carbons (Fsp3) is 0.462. The van der Waals surface area contributed by atoms with E-state index in [2.05, 4.69) is 19.9 Å².